The van der Waals surface area contributed by atoms with Gasteiger partial charge < -0.3 is 5.32 Å². The lowest BCUT2D eigenvalue weighted by molar-refractivity contribution is 0.597. The van der Waals surface area contributed by atoms with E-state index >= 15 is 0 Å². The molecule has 0 spiro atoms. The number of halogens is 2. The second-order valence-corrected chi connectivity index (χ2v) is 5.50. The van der Waals surface area contributed by atoms with Gasteiger partial charge in [-0.3, -0.25) is 0 Å². The Labute approximate surface area is 124 Å². The van der Waals surface area contributed by atoms with Crippen LogP contribution in [0.3, 0.4) is 0 Å². The van der Waals surface area contributed by atoms with E-state index in [2.05, 4.69) is 11.4 Å². The summed E-state index contributed by atoms with van der Waals surface area (Å²) in [6.07, 6.45) is 0. The second kappa shape index (κ2) is 6.38. The third kappa shape index (κ3) is 3.38. The SMILES string of the molecule is CCNC(c1cc(C)cc(Cl)c1)c1ccc(C)c(F)c1. The van der Waals surface area contributed by atoms with Crippen LogP contribution in [0.1, 0.15) is 35.2 Å². The molecule has 20 heavy (non-hydrogen) atoms. The second-order valence-electron chi connectivity index (χ2n) is 5.06. The third-order valence-corrected chi connectivity index (χ3v) is 3.55. The Bertz CT molecular complexity index is 590. The summed E-state index contributed by atoms with van der Waals surface area (Å²) in [5, 5.41) is 4.10. The van der Waals surface area contributed by atoms with Crippen molar-refractivity contribution in [3.8, 4) is 0 Å². The summed E-state index contributed by atoms with van der Waals surface area (Å²) in [7, 11) is 0. The minimum Gasteiger partial charge on any atom is -0.307 e. The highest BCUT2D eigenvalue weighted by Gasteiger charge is 2.15. The molecular weight excluding hydrogens is 273 g/mol. The number of rotatable bonds is 4. The number of hydrogen-bond acceptors (Lipinski definition) is 1. The fourth-order valence-electron chi connectivity index (χ4n) is 2.35. The van der Waals surface area contributed by atoms with Crippen molar-refractivity contribution >= 4 is 11.6 Å². The molecule has 2 aromatic rings. The van der Waals surface area contributed by atoms with E-state index in [0.29, 0.717) is 10.6 Å². The van der Waals surface area contributed by atoms with Crippen molar-refractivity contribution in [1.82, 2.24) is 5.32 Å². The van der Waals surface area contributed by atoms with Gasteiger partial charge in [0.2, 0.25) is 0 Å². The molecule has 2 aromatic carbocycles. The third-order valence-electron chi connectivity index (χ3n) is 3.34. The first-order valence-corrected chi connectivity index (χ1v) is 7.15. The van der Waals surface area contributed by atoms with E-state index < -0.39 is 0 Å². The maximum Gasteiger partial charge on any atom is 0.126 e. The standard InChI is InChI=1S/C17H19ClFN/c1-4-20-17(13-6-5-12(3)16(19)10-13)14-7-11(2)8-15(18)9-14/h5-10,17,20H,4H2,1-3H3. The summed E-state index contributed by atoms with van der Waals surface area (Å²) >= 11 is 6.14. The summed E-state index contributed by atoms with van der Waals surface area (Å²) in [6.45, 7) is 6.61. The summed E-state index contributed by atoms with van der Waals surface area (Å²) in [5.74, 6) is -0.177. The number of nitrogens with one attached hydrogen (secondary N) is 1. The predicted octanol–water partition coefficient (Wildman–Crippen LogP) is 4.79. The molecule has 0 amide bonds. The van der Waals surface area contributed by atoms with Crippen LogP contribution in [0.5, 0.6) is 0 Å². The van der Waals surface area contributed by atoms with Crippen molar-refractivity contribution in [1.29, 1.82) is 0 Å². The molecule has 106 valence electrons. The van der Waals surface area contributed by atoms with Crippen LogP contribution in [-0.4, -0.2) is 6.54 Å². The highest BCUT2D eigenvalue weighted by atomic mass is 35.5. The van der Waals surface area contributed by atoms with Crippen molar-refractivity contribution in [3.05, 3.63) is 69.5 Å². The van der Waals surface area contributed by atoms with Crippen LogP contribution in [0, 0.1) is 19.7 Å². The van der Waals surface area contributed by atoms with E-state index in [1.807, 2.05) is 38.1 Å². The molecule has 0 aliphatic carbocycles. The smallest absolute Gasteiger partial charge is 0.126 e. The van der Waals surface area contributed by atoms with Crippen LogP contribution >= 0.6 is 11.6 Å². The van der Waals surface area contributed by atoms with E-state index in [-0.39, 0.29) is 11.9 Å². The molecule has 1 N–H and O–H groups in total. The molecule has 1 unspecified atom stereocenters. The van der Waals surface area contributed by atoms with Crippen LogP contribution in [0.2, 0.25) is 5.02 Å². The normalized spacial score (nSPS) is 12.4. The minimum atomic E-state index is -0.177. The largest absolute Gasteiger partial charge is 0.307 e. The van der Waals surface area contributed by atoms with E-state index in [1.165, 1.54) is 0 Å². The molecule has 1 atom stereocenters. The first-order valence-electron chi connectivity index (χ1n) is 6.77. The fourth-order valence-corrected chi connectivity index (χ4v) is 2.65. The molecular formula is C17H19ClFN. The lowest BCUT2D eigenvalue weighted by Crippen LogP contribution is -2.22. The zero-order valence-corrected chi connectivity index (χ0v) is 12.8. The molecule has 2 rings (SSSR count). The molecule has 0 aliphatic rings. The Hall–Kier alpha value is -1.38. The Morgan fingerprint density at radius 1 is 1.10 bits per heavy atom. The number of aryl methyl sites for hydroxylation is 2. The van der Waals surface area contributed by atoms with E-state index in [1.54, 1.807) is 13.0 Å². The lowest BCUT2D eigenvalue weighted by atomic mass is 9.96. The minimum absolute atomic E-state index is 0.0486. The lowest BCUT2D eigenvalue weighted by Gasteiger charge is -2.20. The highest BCUT2D eigenvalue weighted by Crippen LogP contribution is 2.27. The molecule has 0 fully saturated rings. The van der Waals surface area contributed by atoms with Gasteiger partial charge in [-0.15, -0.1) is 0 Å². The van der Waals surface area contributed by atoms with Gasteiger partial charge in [0, 0.05) is 5.02 Å². The molecule has 3 heteroatoms. The molecule has 0 saturated heterocycles. The summed E-state index contributed by atoms with van der Waals surface area (Å²) in [4.78, 5) is 0. The summed E-state index contributed by atoms with van der Waals surface area (Å²) in [5.41, 5.74) is 3.73. The Morgan fingerprint density at radius 3 is 2.45 bits per heavy atom. The maximum absolute atomic E-state index is 13.8. The van der Waals surface area contributed by atoms with Crippen molar-refractivity contribution in [2.24, 2.45) is 0 Å². The van der Waals surface area contributed by atoms with Crippen LogP contribution in [0.4, 0.5) is 4.39 Å². The molecule has 0 aliphatic heterocycles. The zero-order valence-electron chi connectivity index (χ0n) is 12.0. The van der Waals surface area contributed by atoms with E-state index in [4.69, 9.17) is 11.6 Å². The first kappa shape index (κ1) is 15.0. The van der Waals surface area contributed by atoms with Gasteiger partial charge in [0.05, 0.1) is 6.04 Å². The van der Waals surface area contributed by atoms with Gasteiger partial charge >= 0.3 is 0 Å². The van der Waals surface area contributed by atoms with Gasteiger partial charge in [-0.05, 0) is 60.8 Å². The highest BCUT2D eigenvalue weighted by molar-refractivity contribution is 6.30. The van der Waals surface area contributed by atoms with Gasteiger partial charge in [-0.1, -0.05) is 36.7 Å². The Kier molecular flexibility index (Phi) is 4.79. The summed E-state index contributed by atoms with van der Waals surface area (Å²) in [6, 6.07) is 11.3. The van der Waals surface area contributed by atoms with Crippen molar-refractivity contribution in [3.63, 3.8) is 0 Å². The first-order chi connectivity index (χ1) is 9.51. The van der Waals surface area contributed by atoms with E-state index in [0.717, 1.165) is 23.2 Å². The van der Waals surface area contributed by atoms with Gasteiger partial charge in [0.25, 0.3) is 0 Å². The van der Waals surface area contributed by atoms with Crippen LogP contribution in [-0.2, 0) is 0 Å². The quantitative estimate of drug-likeness (QED) is 0.853. The van der Waals surface area contributed by atoms with Crippen molar-refractivity contribution < 1.29 is 4.39 Å². The Balaban J connectivity index is 2.46. The van der Waals surface area contributed by atoms with Crippen LogP contribution < -0.4 is 5.32 Å². The zero-order chi connectivity index (χ0) is 14.7. The average Bonchev–Trinajstić information content (AvgIpc) is 2.38. The molecule has 0 saturated carbocycles. The molecule has 0 radical (unpaired) electrons. The molecule has 0 bridgehead atoms. The van der Waals surface area contributed by atoms with E-state index in [9.17, 15) is 4.39 Å². The van der Waals surface area contributed by atoms with Crippen LogP contribution in [0.15, 0.2) is 36.4 Å². The molecule has 0 heterocycles. The van der Waals surface area contributed by atoms with Gasteiger partial charge in [-0.2, -0.15) is 0 Å². The van der Waals surface area contributed by atoms with Crippen LogP contribution in [0.25, 0.3) is 0 Å². The Morgan fingerprint density at radius 2 is 1.85 bits per heavy atom. The monoisotopic (exact) mass is 291 g/mol. The van der Waals surface area contributed by atoms with Gasteiger partial charge in [0.15, 0.2) is 0 Å². The average molecular weight is 292 g/mol. The number of hydrogen-bond donors (Lipinski definition) is 1. The molecule has 0 aromatic heterocycles. The summed E-state index contributed by atoms with van der Waals surface area (Å²) < 4.78 is 13.8. The maximum atomic E-state index is 13.8. The fraction of sp³-hybridized carbons (Fsp3) is 0.294. The van der Waals surface area contributed by atoms with Crippen molar-refractivity contribution in [2.75, 3.05) is 6.54 Å². The topological polar surface area (TPSA) is 12.0 Å². The predicted molar refractivity (Wildman–Crippen MR) is 82.8 cm³/mol. The van der Waals surface area contributed by atoms with Gasteiger partial charge in [-0.25, -0.2) is 4.39 Å². The van der Waals surface area contributed by atoms with Gasteiger partial charge in [0.1, 0.15) is 5.82 Å². The number of benzene rings is 2. The van der Waals surface area contributed by atoms with Crippen molar-refractivity contribution in [2.45, 2.75) is 26.8 Å². The molecule has 1 nitrogen and oxygen atoms in total.